The summed E-state index contributed by atoms with van der Waals surface area (Å²) < 4.78 is 1.75. The van der Waals surface area contributed by atoms with E-state index in [1.807, 2.05) is 37.3 Å². The maximum absolute atomic E-state index is 12.5. The van der Waals surface area contributed by atoms with Crippen molar-refractivity contribution in [2.75, 3.05) is 7.05 Å². The maximum atomic E-state index is 12.5. The Labute approximate surface area is 129 Å². The van der Waals surface area contributed by atoms with Gasteiger partial charge in [-0.25, -0.2) is 0 Å². The standard InChI is InChI=1S/C17H18N4O/c1-3-21-12-15(10-19-21)17(22)20(2)11-14-7-4-6-13-8-5-9-18-16(13)14/h4-10,12H,3,11H2,1-2H3. The zero-order valence-electron chi connectivity index (χ0n) is 12.7. The Kier molecular flexibility index (Phi) is 3.87. The van der Waals surface area contributed by atoms with E-state index >= 15 is 0 Å². The van der Waals surface area contributed by atoms with E-state index in [2.05, 4.69) is 10.1 Å². The molecular formula is C17H18N4O. The Morgan fingerprint density at radius 2 is 2.09 bits per heavy atom. The molecule has 1 amide bonds. The molecule has 2 heterocycles. The van der Waals surface area contributed by atoms with Crippen LogP contribution in [-0.4, -0.2) is 32.6 Å². The van der Waals surface area contributed by atoms with Crippen molar-refractivity contribution in [3.63, 3.8) is 0 Å². The molecule has 0 N–H and O–H groups in total. The molecule has 0 saturated heterocycles. The van der Waals surface area contributed by atoms with E-state index in [0.717, 1.165) is 23.0 Å². The Morgan fingerprint density at radius 1 is 1.27 bits per heavy atom. The van der Waals surface area contributed by atoms with Crippen molar-refractivity contribution in [2.24, 2.45) is 0 Å². The van der Waals surface area contributed by atoms with Gasteiger partial charge in [0.25, 0.3) is 5.91 Å². The fraction of sp³-hybridized carbons (Fsp3) is 0.235. The number of para-hydroxylation sites is 1. The molecule has 0 aliphatic heterocycles. The van der Waals surface area contributed by atoms with Gasteiger partial charge in [0.05, 0.1) is 17.3 Å². The van der Waals surface area contributed by atoms with Crippen molar-refractivity contribution in [1.29, 1.82) is 0 Å². The van der Waals surface area contributed by atoms with Crippen LogP contribution in [0.25, 0.3) is 10.9 Å². The molecule has 3 aromatic rings. The number of carbonyl (C=O) groups excluding carboxylic acids is 1. The first-order valence-corrected chi connectivity index (χ1v) is 7.29. The maximum Gasteiger partial charge on any atom is 0.257 e. The fourth-order valence-electron chi connectivity index (χ4n) is 2.49. The van der Waals surface area contributed by atoms with Crippen LogP contribution in [0.2, 0.25) is 0 Å². The topological polar surface area (TPSA) is 51.0 Å². The number of carbonyl (C=O) groups is 1. The number of fused-ring (bicyclic) bond motifs is 1. The monoisotopic (exact) mass is 294 g/mol. The summed E-state index contributed by atoms with van der Waals surface area (Å²) in [6, 6.07) is 9.97. The lowest BCUT2D eigenvalue weighted by molar-refractivity contribution is 0.0785. The molecule has 0 saturated carbocycles. The van der Waals surface area contributed by atoms with E-state index in [-0.39, 0.29) is 5.91 Å². The molecule has 0 atom stereocenters. The van der Waals surface area contributed by atoms with E-state index in [1.165, 1.54) is 0 Å². The van der Waals surface area contributed by atoms with Crippen molar-refractivity contribution in [3.8, 4) is 0 Å². The second-order valence-electron chi connectivity index (χ2n) is 5.24. The van der Waals surface area contributed by atoms with Crippen molar-refractivity contribution >= 4 is 16.8 Å². The van der Waals surface area contributed by atoms with Gasteiger partial charge in [-0.1, -0.05) is 24.3 Å². The van der Waals surface area contributed by atoms with Crippen LogP contribution in [0.3, 0.4) is 0 Å². The van der Waals surface area contributed by atoms with E-state index in [4.69, 9.17) is 0 Å². The molecule has 5 heteroatoms. The summed E-state index contributed by atoms with van der Waals surface area (Å²) in [5, 5.41) is 5.23. The zero-order valence-corrected chi connectivity index (χ0v) is 12.7. The van der Waals surface area contributed by atoms with E-state index in [1.54, 1.807) is 35.2 Å². The average molecular weight is 294 g/mol. The molecule has 0 bridgehead atoms. The SMILES string of the molecule is CCn1cc(C(=O)N(C)Cc2cccc3cccnc23)cn1. The number of amides is 1. The van der Waals surface area contributed by atoms with Gasteiger partial charge < -0.3 is 4.90 Å². The second kappa shape index (κ2) is 5.97. The number of hydrogen-bond acceptors (Lipinski definition) is 3. The molecule has 112 valence electrons. The van der Waals surface area contributed by atoms with Crippen LogP contribution >= 0.6 is 0 Å². The Morgan fingerprint density at radius 3 is 2.86 bits per heavy atom. The lowest BCUT2D eigenvalue weighted by Crippen LogP contribution is -2.26. The largest absolute Gasteiger partial charge is 0.337 e. The highest BCUT2D eigenvalue weighted by Crippen LogP contribution is 2.18. The van der Waals surface area contributed by atoms with E-state index < -0.39 is 0 Å². The van der Waals surface area contributed by atoms with E-state index in [0.29, 0.717) is 12.1 Å². The lowest BCUT2D eigenvalue weighted by Gasteiger charge is -2.17. The molecule has 0 aliphatic rings. The molecule has 0 aliphatic carbocycles. The van der Waals surface area contributed by atoms with Crippen LogP contribution in [-0.2, 0) is 13.1 Å². The third-order valence-corrected chi connectivity index (χ3v) is 3.67. The van der Waals surface area contributed by atoms with Gasteiger partial charge in [-0.05, 0) is 18.6 Å². The van der Waals surface area contributed by atoms with Crippen molar-refractivity contribution in [1.82, 2.24) is 19.7 Å². The van der Waals surface area contributed by atoms with Crippen LogP contribution in [0.15, 0.2) is 48.9 Å². The first-order chi connectivity index (χ1) is 10.7. The third-order valence-electron chi connectivity index (χ3n) is 3.67. The highest BCUT2D eigenvalue weighted by Gasteiger charge is 2.15. The fourth-order valence-corrected chi connectivity index (χ4v) is 2.49. The molecule has 22 heavy (non-hydrogen) atoms. The summed E-state index contributed by atoms with van der Waals surface area (Å²) in [4.78, 5) is 18.6. The number of nitrogens with zero attached hydrogens (tertiary/aromatic N) is 4. The molecule has 3 rings (SSSR count). The van der Waals surface area contributed by atoms with Gasteiger partial charge in [-0.15, -0.1) is 0 Å². The van der Waals surface area contributed by atoms with Gasteiger partial charge in [0.15, 0.2) is 0 Å². The Balaban J connectivity index is 1.83. The molecule has 1 aromatic carbocycles. The summed E-state index contributed by atoms with van der Waals surface area (Å²) in [6.45, 7) is 3.27. The predicted molar refractivity (Wildman–Crippen MR) is 85.4 cm³/mol. The summed E-state index contributed by atoms with van der Waals surface area (Å²) in [5.41, 5.74) is 2.59. The first-order valence-electron chi connectivity index (χ1n) is 7.29. The highest BCUT2D eigenvalue weighted by molar-refractivity contribution is 5.93. The van der Waals surface area contributed by atoms with Crippen LogP contribution in [0, 0.1) is 0 Å². The van der Waals surface area contributed by atoms with Crippen LogP contribution in [0.5, 0.6) is 0 Å². The second-order valence-corrected chi connectivity index (χ2v) is 5.24. The summed E-state index contributed by atoms with van der Waals surface area (Å²) in [5.74, 6) is -0.0346. The summed E-state index contributed by atoms with van der Waals surface area (Å²) in [6.07, 6.45) is 5.17. The molecule has 5 nitrogen and oxygen atoms in total. The quantitative estimate of drug-likeness (QED) is 0.743. The highest BCUT2D eigenvalue weighted by atomic mass is 16.2. The molecule has 2 aromatic heterocycles. The molecule has 0 fully saturated rings. The number of pyridine rings is 1. The van der Waals surface area contributed by atoms with Crippen LogP contribution < -0.4 is 0 Å². The number of benzene rings is 1. The van der Waals surface area contributed by atoms with Crippen LogP contribution in [0.1, 0.15) is 22.8 Å². The summed E-state index contributed by atoms with van der Waals surface area (Å²) >= 11 is 0. The smallest absolute Gasteiger partial charge is 0.257 e. The summed E-state index contributed by atoms with van der Waals surface area (Å²) in [7, 11) is 1.80. The molecule has 0 radical (unpaired) electrons. The number of aromatic nitrogens is 3. The predicted octanol–water partition coefficient (Wildman–Crippen LogP) is 2.72. The minimum absolute atomic E-state index is 0.0346. The third kappa shape index (κ3) is 2.70. The van der Waals surface area contributed by atoms with Crippen molar-refractivity contribution in [2.45, 2.75) is 20.0 Å². The average Bonchev–Trinajstić information content (AvgIpc) is 3.03. The minimum atomic E-state index is -0.0346. The van der Waals surface area contributed by atoms with Crippen molar-refractivity contribution in [3.05, 3.63) is 60.0 Å². The Hall–Kier alpha value is -2.69. The number of rotatable bonds is 4. The van der Waals surface area contributed by atoms with Gasteiger partial charge in [0.2, 0.25) is 0 Å². The van der Waals surface area contributed by atoms with Gasteiger partial charge in [-0.3, -0.25) is 14.5 Å². The van der Waals surface area contributed by atoms with E-state index in [9.17, 15) is 4.79 Å². The normalized spacial score (nSPS) is 10.8. The van der Waals surface area contributed by atoms with Gasteiger partial charge in [-0.2, -0.15) is 5.10 Å². The number of hydrogen-bond donors (Lipinski definition) is 0. The first kappa shape index (κ1) is 14.3. The van der Waals surface area contributed by atoms with Crippen molar-refractivity contribution < 1.29 is 4.79 Å². The minimum Gasteiger partial charge on any atom is -0.337 e. The molecule has 0 spiro atoms. The molecule has 0 unspecified atom stereocenters. The van der Waals surface area contributed by atoms with Gasteiger partial charge >= 0.3 is 0 Å². The van der Waals surface area contributed by atoms with Gasteiger partial charge in [0, 0.05) is 37.9 Å². The molecular weight excluding hydrogens is 276 g/mol. The van der Waals surface area contributed by atoms with Crippen LogP contribution in [0.4, 0.5) is 0 Å². The Bertz CT molecular complexity index is 804. The zero-order chi connectivity index (χ0) is 15.5. The van der Waals surface area contributed by atoms with Gasteiger partial charge in [0.1, 0.15) is 0 Å². The number of aryl methyl sites for hydroxylation is 1. The lowest BCUT2D eigenvalue weighted by atomic mass is 10.1.